The summed E-state index contributed by atoms with van der Waals surface area (Å²) >= 11 is 0. The third-order valence-electron chi connectivity index (χ3n) is 4.60. The van der Waals surface area contributed by atoms with Crippen molar-refractivity contribution in [2.24, 2.45) is 5.10 Å². The Morgan fingerprint density at radius 3 is 2.46 bits per heavy atom. The molecule has 0 spiro atoms. The van der Waals surface area contributed by atoms with Gasteiger partial charge in [0.05, 0.1) is 5.71 Å². The Labute approximate surface area is 154 Å². The number of pyridine rings is 1. The maximum Gasteiger partial charge on any atom is 0.241 e. The fourth-order valence-electron chi connectivity index (χ4n) is 2.99. The molecule has 0 saturated carbocycles. The number of hydrogen-bond acceptors (Lipinski definition) is 5. The summed E-state index contributed by atoms with van der Waals surface area (Å²) in [4.78, 5) is 20.7. The third-order valence-corrected chi connectivity index (χ3v) is 4.60. The van der Waals surface area contributed by atoms with Crippen LogP contribution in [0.15, 0.2) is 60.0 Å². The fourth-order valence-corrected chi connectivity index (χ4v) is 2.99. The highest BCUT2D eigenvalue weighted by molar-refractivity contribution is 5.99. The molecule has 2 heterocycles. The molecule has 6 heteroatoms. The van der Waals surface area contributed by atoms with Crippen molar-refractivity contribution in [3.63, 3.8) is 0 Å². The van der Waals surface area contributed by atoms with Crippen molar-refractivity contribution >= 4 is 17.3 Å². The summed E-state index contributed by atoms with van der Waals surface area (Å²) in [6, 6.07) is 14.2. The molecular formula is C20H25N5O. The average Bonchev–Trinajstić information content (AvgIpc) is 2.72. The molecule has 1 aromatic carbocycles. The van der Waals surface area contributed by atoms with E-state index >= 15 is 0 Å². The first kappa shape index (κ1) is 18.1. The van der Waals surface area contributed by atoms with E-state index in [1.807, 2.05) is 25.1 Å². The van der Waals surface area contributed by atoms with Crippen LogP contribution in [0.25, 0.3) is 0 Å². The van der Waals surface area contributed by atoms with Gasteiger partial charge < -0.3 is 4.90 Å². The summed E-state index contributed by atoms with van der Waals surface area (Å²) < 4.78 is 0. The lowest BCUT2D eigenvalue weighted by molar-refractivity contribution is -0.121. The monoisotopic (exact) mass is 351 g/mol. The molecule has 0 atom stereocenters. The third kappa shape index (κ3) is 5.13. The highest BCUT2D eigenvalue weighted by Crippen LogP contribution is 2.15. The Hall–Kier alpha value is -2.73. The van der Waals surface area contributed by atoms with Crippen molar-refractivity contribution in [3.8, 4) is 0 Å². The number of para-hydroxylation sites is 1. The molecule has 1 amide bonds. The summed E-state index contributed by atoms with van der Waals surface area (Å²) in [6.45, 7) is 6.57. The molecule has 1 fully saturated rings. The number of benzene rings is 1. The van der Waals surface area contributed by atoms with E-state index in [0.717, 1.165) is 44.0 Å². The van der Waals surface area contributed by atoms with E-state index < -0.39 is 0 Å². The Bertz CT molecular complexity index is 724. The van der Waals surface area contributed by atoms with Gasteiger partial charge in [-0.1, -0.05) is 18.2 Å². The molecule has 6 nitrogen and oxygen atoms in total. The SMILES string of the molecule is C/C(=N\NC(=O)CCN1CCN(c2ccccc2)CC1)c1ccncc1. The lowest BCUT2D eigenvalue weighted by Gasteiger charge is -2.36. The van der Waals surface area contributed by atoms with E-state index in [1.165, 1.54) is 5.69 Å². The molecular weight excluding hydrogens is 326 g/mol. The van der Waals surface area contributed by atoms with E-state index in [9.17, 15) is 4.79 Å². The molecule has 136 valence electrons. The van der Waals surface area contributed by atoms with Gasteiger partial charge in [-0.3, -0.25) is 14.7 Å². The summed E-state index contributed by atoms with van der Waals surface area (Å²) in [7, 11) is 0. The topological polar surface area (TPSA) is 60.8 Å². The molecule has 0 radical (unpaired) electrons. The van der Waals surface area contributed by atoms with Crippen molar-refractivity contribution in [1.29, 1.82) is 0 Å². The number of hydrazone groups is 1. The lowest BCUT2D eigenvalue weighted by atomic mass is 10.2. The standard InChI is InChI=1S/C20H25N5O/c1-17(18-7-10-21-11-8-18)22-23-20(26)9-12-24-13-15-25(16-14-24)19-5-3-2-4-6-19/h2-8,10-11H,9,12-16H2,1H3,(H,23,26)/b22-17+. The van der Waals surface area contributed by atoms with Crippen molar-refractivity contribution < 1.29 is 4.79 Å². The van der Waals surface area contributed by atoms with Crippen LogP contribution in [0.1, 0.15) is 18.9 Å². The highest BCUT2D eigenvalue weighted by Gasteiger charge is 2.17. The van der Waals surface area contributed by atoms with Crippen molar-refractivity contribution in [3.05, 3.63) is 60.4 Å². The van der Waals surface area contributed by atoms with Gasteiger partial charge in [0.25, 0.3) is 0 Å². The van der Waals surface area contributed by atoms with Crippen LogP contribution in [0.2, 0.25) is 0 Å². The Kier molecular flexibility index (Phi) is 6.33. The molecule has 1 aromatic heterocycles. The van der Waals surface area contributed by atoms with Crippen LogP contribution in [-0.4, -0.2) is 54.2 Å². The minimum Gasteiger partial charge on any atom is -0.369 e. The lowest BCUT2D eigenvalue weighted by Crippen LogP contribution is -2.47. The molecule has 26 heavy (non-hydrogen) atoms. The van der Waals surface area contributed by atoms with Gasteiger partial charge in [-0.05, 0) is 31.2 Å². The van der Waals surface area contributed by atoms with Gasteiger partial charge in [-0.2, -0.15) is 5.10 Å². The second-order valence-electron chi connectivity index (χ2n) is 6.38. The number of carbonyl (C=O) groups excluding carboxylic acids is 1. The summed E-state index contributed by atoms with van der Waals surface area (Å²) in [5, 5.41) is 4.17. The van der Waals surface area contributed by atoms with Crippen LogP contribution in [0, 0.1) is 0 Å². The van der Waals surface area contributed by atoms with Gasteiger partial charge in [-0.25, -0.2) is 5.43 Å². The summed E-state index contributed by atoms with van der Waals surface area (Å²) in [5.41, 5.74) is 5.65. The van der Waals surface area contributed by atoms with Crippen LogP contribution >= 0.6 is 0 Å². The largest absolute Gasteiger partial charge is 0.369 e. The number of nitrogens with one attached hydrogen (secondary N) is 1. The van der Waals surface area contributed by atoms with Crippen LogP contribution in [0.3, 0.4) is 0 Å². The number of carbonyl (C=O) groups is 1. The highest BCUT2D eigenvalue weighted by atomic mass is 16.2. The first-order valence-corrected chi connectivity index (χ1v) is 8.98. The van der Waals surface area contributed by atoms with Crippen molar-refractivity contribution in [2.45, 2.75) is 13.3 Å². The average molecular weight is 351 g/mol. The van der Waals surface area contributed by atoms with Crippen molar-refractivity contribution in [2.75, 3.05) is 37.6 Å². The minimum absolute atomic E-state index is 0.0519. The molecule has 0 bridgehead atoms. The first-order valence-electron chi connectivity index (χ1n) is 8.98. The van der Waals surface area contributed by atoms with Gasteiger partial charge in [0.15, 0.2) is 0 Å². The molecule has 1 aliphatic rings. The number of rotatable bonds is 6. The molecule has 1 N–H and O–H groups in total. The molecule has 2 aromatic rings. The predicted octanol–water partition coefficient (Wildman–Crippen LogP) is 2.13. The van der Waals surface area contributed by atoms with Gasteiger partial charge in [-0.15, -0.1) is 0 Å². The number of hydrogen-bond donors (Lipinski definition) is 1. The molecule has 1 aliphatic heterocycles. The maximum absolute atomic E-state index is 12.0. The zero-order valence-corrected chi connectivity index (χ0v) is 15.1. The van der Waals surface area contributed by atoms with Gasteiger partial charge in [0, 0.05) is 62.8 Å². The Morgan fingerprint density at radius 1 is 1.08 bits per heavy atom. The van der Waals surface area contributed by atoms with E-state index in [4.69, 9.17) is 0 Å². The quantitative estimate of drug-likeness (QED) is 0.640. The summed E-state index contributed by atoms with van der Waals surface area (Å²) in [5.74, 6) is -0.0519. The smallest absolute Gasteiger partial charge is 0.241 e. The second kappa shape index (κ2) is 9.10. The van der Waals surface area contributed by atoms with Crippen molar-refractivity contribution in [1.82, 2.24) is 15.3 Å². The number of anilines is 1. The Morgan fingerprint density at radius 2 is 1.77 bits per heavy atom. The van der Waals surface area contributed by atoms with E-state index in [0.29, 0.717) is 6.42 Å². The number of amides is 1. The van der Waals surface area contributed by atoms with E-state index in [-0.39, 0.29) is 5.91 Å². The van der Waals surface area contributed by atoms with Crippen LogP contribution < -0.4 is 10.3 Å². The van der Waals surface area contributed by atoms with Crippen LogP contribution in [0.4, 0.5) is 5.69 Å². The molecule has 3 rings (SSSR count). The second-order valence-corrected chi connectivity index (χ2v) is 6.38. The van der Waals surface area contributed by atoms with Crippen LogP contribution in [0.5, 0.6) is 0 Å². The zero-order chi connectivity index (χ0) is 18.2. The Balaban J connectivity index is 1.39. The number of nitrogens with zero attached hydrogens (tertiary/aromatic N) is 4. The minimum atomic E-state index is -0.0519. The van der Waals surface area contributed by atoms with Gasteiger partial charge in [0.2, 0.25) is 5.91 Å². The maximum atomic E-state index is 12.0. The van der Waals surface area contributed by atoms with E-state index in [1.54, 1.807) is 12.4 Å². The molecule has 0 aliphatic carbocycles. The number of piperazine rings is 1. The number of aromatic nitrogens is 1. The van der Waals surface area contributed by atoms with Gasteiger partial charge >= 0.3 is 0 Å². The fraction of sp³-hybridized carbons (Fsp3) is 0.350. The summed E-state index contributed by atoms with van der Waals surface area (Å²) in [6.07, 6.45) is 3.88. The van der Waals surface area contributed by atoms with E-state index in [2.05, 4.69) is 49.6 Å². The molecule has 1 saturated heterocycles. The predicted molar refractivity (Wildman–Crippen MR) is 104 cm³/mol. The van der Waals surface area contributed by atoms with Gasteiger partial charge in [0.1, 0.15) is 0 Å². The van der Waals surface area contributed by atoms with Crippen LogP contribution in [-0.2, 0) is 4.79 Å². The zero-order valence-electron chi connectivity index (χ0n) is 15.1. The molecule has 0 unspecified atom stereocenters. The first-order chi connectivity index (χ1) is 12.7. The normalized spacial score (nSPS) is 15.7.